The zero-order valence-electron chi connectivity index (χ0n) is 18.4. The number of halogens is 1. The molecule has 2 aromatic carbocycles. The van der Waals surface area contributed by atoms with Crippen LogP contribution in [0.2, 0.25) is 0 Å². The third-order valence-corrected chi connectivity index (χ3v) is 8.18. The van der Waals surface area contributed by atoms with Crippen molar-refractivity contribution >= 4 is 15.9 Å². The van der Waals surface area contributed by atoms with Gasteiger partial charge in [-0.25, -0.2) is 0 Å². The molecular weight excluding hydrogens is 466 g/mol. The van der Waals surface area contributed by atoms with Crippen LogP contribution >= 0.6 is 15.9 Å². The summed E-state index contributed by atoms with van der Waals surface area (Å²) in [4.78, 5) is 0. The molecule has 4 nitrogen and oxygen atoms in total. The number of ether oxygens (including phenoxy) is 2. The monoisotopic (exact) mass is 495 g/mol. The maximum Gasteiger partial charge on any atom is 0.174 e. The molecule has 0 bridgehead atoms. The molecule has 0 radical (unpaired) electrons. The number of aliphatic hydroxyl groups is 1. The first-order chi connectivity index (χ1) is 15.5. The van der Waals surface area contributed by atoms with Gasteiger partial charge in [-0.2, -0.15) is 0 Å². The lowest BCUT2D eigenvalue weighted by Crippen LogP contribution is -2.48. The lowest BCUT2D eigenvalue weighted by molar-refractivity contribution is -0.0963. The van der Waals surface area contributed by atoms with E-state index in [1.54, 1.807) is 7.11 Å². The van der Waals surface area contributed by atoms with Gasteiger partial charge in [-0.3, -0.25) is 0 Å². The fraction of sp³-hybridized carbons (Fsp3) is 0.407. The number of fused-ring (bicyclic) bond motifs is 1. The first kappa shape index (κ1) is 21.6. The molecule has 5 rings (SSSR count). The van der Waals surface area contributed by atoms with Crippen molar-refractivity contribution in [1.29, 1.82) is 0 Å². The first-order valence-electron chi connectivity index (χ1n) is 11.5. The highest BCUT2D eigenvalue weighted by Crippen LogP contribution is 2.66. The van der Waals surface area contributed by atoms with Gasteiger partial charge >= 0.3 is 0 Å². The van der Waals surface area contributed by atoms with E-state index >= 15 is 0 Å². The molecule has 5 heteroatoms. The van der Waals surface area contributed by atoms with E-state index in [-0.39, 0.29) is 11.8 Å². The van der Waals surface area contributed by atoms with E-state index in [0.717, 1.165) is 46.2 Å². The van der Waals surface area contributed by atoms with Gasteiger partial charge in [0.15, 0.2) is 5.60 Å². The van der Waals surface area contributed by atoms with Crippen molar-refractivity contribution in [2.75, 3.05) is 7.11 Å². The fourth-order valence-corrected chi connectivity index (χ4v) is 6.58. The molecule has 3 fully saturated rings. The second-order valence-electron chi connectivity index (χ2n) is 9.16. The van der Waals surface area contributed by atoms with Crippen LogP contribution < -0.4 is 5.73 Å². The largest absolute Gasteiger partial charge is 0.500 e. The van der Waals surface area contributed by atoms with E-state index in [4.69, 9.17) is 15.2 Å². The molecule has 1 saturated heterocycles. The average Bonchev–Trinajstić information content (AvgIpc) is 3.50. The zero-order chi connectivity index (χ0) is 22.3. The van der Waals surface area contributed by atoms with Crippen molar-refractivity contribution in [2.24, 2.45) is 11.7 Å². The highest BCUT2D eigenvalue weighted by atomic mass is 79.9. The van der Waals surface area contributed by atoms with E-state index in [1.807, 2.05) is 30.3 Å². The molecule has 32 heavy (non-hydrogen) atoms. The minimum Gasteiger partial charge on any atom is -0.500 e. The molecule has 3 N–H and O–H groups in total. The van der Waals surface area contributed by atoms with Crippen LogP contribution in [-0.4, -0.2) is 17.8 Å². The third kappa shape index (κ3) is 3.05. The maximum atomic E-state index is 12.6. The summed E-state index contributed by atoms with van der Waals surface area (Å²) >= 11 is 3.55. The lowest BCUT2D eigenvalue weighted by Gasteiger charge is -2.40. The predicted octanol–water partition coefficient (Wildman–Crippen LogP) is 5.87. The van der Waals surface area contributed by atoms with Gasteiger partial charge in [0.2, 0.25) is 0 Å². The molecule has 2 saturated carbocycles. The number of rotatable bonds is 4. The van der Waals surface area contributed by atoms with Crippen molar-refractivity contribution in [2.45, 2.75) is 55.6 Å². The second-order valence-corrected chi connectivity index (χ2v) is 10.1. The number of hydrogen-bond acceptors (Lipinski definition) is 4. The number of methoxy groups -OCH3 is 1. The van der Waals surface area contributed by atoms with Crippen molar-refractivity contribution in [1.82, 2.24) is 0 Å². The van der Waals surface area contributed by atoms with Crippen molar-refractivity contribution in [3.63, 3.8) is 0 Å². The Bertz CT molecular complexity index is 1040. The molecule has 3 atom stereocenters. The number of allylic oxidation sites excluding steroid dienone is 1. The summed E-state index contributed by atoms with van der Waals surface area (Å²) in [6.45, 7) is 0. The molecule has 0 aromatic heterocycles. The van der Waals surface area contributed by atoms with Gasteiger partial charge in [0.25, 0.3) is 0 Å². The molecule has 168 valence electrons. The van der Waals surface area contributed by atoms with E-state index in [0.29, 0.717) is 12.2 Å². The van der Waals surface area contributed by atoms with Crippen LogP contribution in [0.15, 0.2) is 82.4 Å². The zero-order valence-corrected chi connectivity index (χ0v) is 20.0. The van der Waals surface area contributed by atoms with E-state index < -0.39 is 11.2 Å². The van der Waals surface area contributed by atoms with Crippen molar-refractivity contribution < 1.29 is 14.6 Å². The summed E-state index contributed by atoms with van der Waals surface area (Å²) in [5.41, 5.74) is 6.77. The van der Waals surface area contributed by atoms with E-state index in [9.17, 15) is 5.11 Å². The van der Waals surface area contributed by atoms with Crippen LogP contribution in [0.4, 0.5) is 0 Å². The Labute approximate surface area is 198 Å². The lowest BCUT2D eigenvalue weighted by atomic mass is 9.71. The van der Waals surface area contributed by atoms with Gasteiger partial charge in [-0.15, -0.1) is 0 Å². The Morgan fingerprint density at radius 2 is 1.78 bits per heavy atom. The quantitative estimate of drug-likeness (QED) is 0.520. The molecule has 0 amide bonds. The van der Waals surface area contributed by atoms with Crippen molar-refractivity contribution in [3.05, 3.63) is 93.5 Å². The standard InChI is InChI=1S/C27H30BrNO3/c1-31-25(19-9-5-6-10-19)24-23(17-29)32-27(20-11-13-21(28)14-12-20)22(15-16-26(24,27)30)18-7-3-2-4-8-18/h2-4,7-8,11-14,17,19,22,30H,5-6,9-10,15-16,29H2,1H3/b23-17+,25-24?. The van der Waals surface area contributed by atoms with Gasteiger partial charge in [-0.05, 0) is 48.9 Å². The fourth-order valence-electron chi connectivity index (χ4n) is 6.31. The van der Waals surface area contributed by atoms with Crippen LogP contribution in [0, 0.1) is 5.92 Å². The molecule has 2 aliphatic carbocycles. The highest BCUT2D eigenvalue weighted by molar-refractivity contribution is 9.10. The summed E-state index contributed by atoms with van der Waals surface area (Å²) in [5.74, 6) is 1.65. The summed E-state index contributed by atoms with van der Waals surface area (Å²) in [7, 11) is 1.71. The van der Waals surface area contributed by atoms with Crippen LogP contribution in [0.1, 0.15) is 55.6 Å². The minimum absolute atomic E-state index is 0.0241. The van der Waals surface area contributed by atoms with Crippen LogP contribution in [0.3, 0.4) is 0 Å². The Hall–Kier alpha value is -2.24. The molecule has 0 spiro atoms. The molecule has 1 heterocycles. The molecule has 1 aliphatic heterocycles. The first-order valence-corrected chi connectivity index (χ1v) is 12.3. The topological polar surface area (TPSA) is 64.7 Å². The maximum absolute atomic E-state index is 12.6. The Kier molecular flexibility index (Phi) is 5.58. The SMILES string of the molecule is COC(=C1/C(=C\N)OC2(c3ccc(Br)cc3)C(c3ccccc3)CCC12O)C1CCCC1. The third-order valence-electron chi connectivity index (χ3n) is 7.65. The summed E-state index contributed by atoms with van der Waals surface area (Å²) < 4.78 is 13.8. The van der Waals surface area contributed by atoms with Gasteiger partial charge in [0, 0.05) is 22.5 Å². The van der Waals surface area contributed by atoms with Crippen LogP contribution in [-0.2, 0) is 15.1 Å². The van der Waals surface area contributed by atoms with Crippen LogP contribution in [0.5, 0.6) is 0 Å². The van der Waals surface area contributed by atoms with Gasteiger partial charge in [0.1, 0.15) is 17.1 Å². The minimum atomic E-state index is -1.24. The number of benzene rings is 2. The summed E-state index contributed by atoms with van der Waals surface area (Å²) in [6, 6.07) is 18.5. The molecule has 3 aliphatic rings. The highest BCUT2D eigenvalue weighted by Gasteiger charge is 2.70. The van der Waals surface area contributed by atoms with Crippen molar-refractivity contribution in [3.8, 4) is 0 Å². The molecule has 3 unspecified atom stereocenters. The van der Waals surface area contributed by atoms with E-state index in [1.165, 1.54) is 19.0 Å². The van der Waals surface area contributed by atoms with Crippen LogP contribution in [0.25, 0.3) is 0 Å². The Morgan fingerprint density at radius 1 is 1.09 bits per heavy atom. The number of hydrogen-bond donors (Lipinski definition) is 2. The smallest absolute Gasteiger partial charge is 0.174 e. The van der Waals surface area contributed by atoms with Gasteiger partial charge < -0.3 is 20.3 Å². The molecular formula is C27H30BrNO3. The Morgan fingerprint density at radius 3 is 2.41 bits per heavy atom. The Balaban J connectivity index is 1.77. The van der Waals surface area contributed by atoms with Gasteiger partial charge in [0.05, 0.1) is 12.7 Å². The number of nitrogens with two attached hydrogens (primary N) is 1. The summed E-state index contributed by atoms with van der Waals surface area (Å²) in [6.07, 6.45) is 7.37. The average molecular weight is 496 g/mol. The predicted molar refractivity (Wildman–Crippen MR) is 129 cm³/mol. The normalized spacial score (nSPS) is 32.7. The molecule has 2 aromatic rings. The van der Waals surface area contributed by atoms with E-state index in [2.05, 4.69) is 40.2 Å². The second kappa shape index (κ2) is 8.27. The summed E-state index contributed by atoms with van der Waals surface area (Å²) in [5, 5.41) is 12.6. The van der Waals surface area contributed by atoms with Gasteiger partial charge in [-0.1, -0.05) is 71.2 Å².